The molecule has 0 radical (unpaired) electrons. The van der Waals surface area contributed by atoms with Crippen molar-refractivity contribution >= 4 is 29.2 Å². The molecule has 4 atom stereocenters. The summed E-state index contributed by atoms with van der Waals surface area (Å²) in [4.78, 5) is 46.1. The van der Waals surface area contributed by atoms with Crippen LogP contribution >= 0.6 is 0 Å². The van der Waals surface area contributed by atoms with Crippen molar-refractivity contribution in [2.24, 2.45) is 5.92 Å². The SMILES string of the molecule is Cc1ccc(C(=O)[C@H]2[C@@H](C(=O)c3ccc(OC(C)C)cc3)[C@]3(C(=O)Nc4ccccc43)[C@H]3c4ccccc4C=CN23)cc1. The Labute approximate surface area is 251 Å². The summed E-state index contributed by atoms with van der Waals surface area (Å²) < 4.78 is 5.83. The molecule has 3 aliphatic rings. The Hall–Kier alpha value is -4.97. The van der Waals surface area contributed by atoms with Gasteiger partial charge in [-0.1, -0.05) is 72.3 Å². The first-order chi connectivity index (χ1) is 20.8. The van der Waals surface area contributed by atoms with Crippen molar-refractivity contribution in [1.82, 2.24) is 4.90 Å². The molecule has 4 aromatic carbocycles. The van der Waals surface area contributed by atoms with E-state index in [0.29, 0.717) is 22.6 Å². The lowest BCUT2D eigenvalue weighted by atomic mass is 9.62. The van der Waals surface area contributed by atoms with Gasteiger partial charge in [0.05, 0.1) is 18.1 Å². The van der Waals surface area contributed by atoms with Crippen molar-refractivity contribution in [3.8, 4) is 5.75 Å². The zero-order chi connectivity index (χ0) is 29.9. The van der Waals surface area contributed by atoms with Crippen LogP contribution < -0.4 is 10.1 Å². The number of fused-ring (bicyclic) bond motifs is 6. The number of ketones is 2. The largest absolute Gasteiger partial charge is 0.491 e. The maximum Gasteiger partial charge on any atom is 0.238 e. The molecule has 0 saturated carbocycles. The third-order valence-corrected chi connectivity index (χ3v) is 8.97. The average Bonchev–Trinajstić information content (AvgIpc) is 3.49. The van der Waals surface area contributed by atoms with Crippen LogP contribution in [-0.4, -0.2) is 34.5 Å². The van der Waals surface area contributed by atoms with E-state index in [-0.39, 0.29) is 23.6 Å². The summed E-state index contributed by atoms with van der Waals surface area (Å²) in [5.74, 6) is -1.08. The van der Waals surface area contributed by atoms with Crippen LogP contribution in [0, 0.1) is 12.8 Å². The second kappa shape index (κ2) is 10.1. The number of aryl methyl sites for hydroxylation is 1. The lowest BCUT2D eigenvalue weighted by molar-refractivity contribution is -0.122. The molecule has 1 amide bonds. The molecule has 0 unspecified atom stereocenters. The molecule has 3 heterocycles. The molecule has 0 aromatic heterocycles. The van der Waals surface area contributed by atoms with E-state index in [1.807, 2.05) is 111 Å². The molecule has 0 bridgehead atoms. The van der Waals surface area contributed by atoms with Gasteiger partial charge in [-0.2, -0.15) is 0 Å². The third-order valence-electron chi connectivity index (χ3n) is 8.97. The summed E-state index contributed by atoms with van der Waals surface area (Å²) in [6.07, 6.45) is 3.85. The first-order valence-corrected chi connectivity index (χ1v) is 14.7. The van der Waals surface area contributed by atoms with Gasteiger partial charge >= 0.3 is 0 Å². The van der Waals surface area contributed by atoms with Gasteiger partial charge in [-0.05, 0) is 73.9 Å². The molecule has 6 nitrogen and oxygen atoms in total. The number of nitrogens with one attached hydrogen (secondary N) is 1. The van der Waals surface area contributed by atoms with Gasteiger partial charge in [0, 0.05) is 23.0 Å². The topological polar surface area (TPSA) is 75.7 Å². The number of amides is 1. The van der Waals surface area contributed by atoms with E-state index in [1.54, 1.807) is 24.3 Å². The van der Waals surface area contributed by atoms with E-state index < -0.39 is 23.4 Å². The number of hydrogen-bond acceptors (Lipinski definition) is 5. The number of para-hydroxylation sites is 1. The molecular weight excluding hydrogens is 536 g/mol. The van der Waals surface area contributed by atoms with Crippen molar-refractivity contribution in [1.29, 1.82) is 0 Å². The highest BCUT2D eigenvalue weighted by molar-refractivity contribution is 6.16. The lowest BCUT2D eigenvalue weighted by Crippen LogP contribution is -2.49. The van der Waals surface area contributed by atoms with Gasteiger partial charge in [0.15, 0.2) is 11.6 Å². The molecule has 4 aromatic rings. The van der Waals surface area contributed by atoms with E-state index in [9.17, 15) is 14.4 Å². The monoisotopic (exact) mass is 568 g/mol. The van der Waals surface area contributed by atoms with Crippen molar-refractivity contribution in [3.05, 3.63) is 137 Å². The van der Waals surface area contributed by atoms with E-state index in [4.69, 9.17) is 4.74 Å². The van der Waals surface area contributed by atoms with Crippen LogP contribution in [0.2, 0.25) is 0 Å². The number of benzene rings is 4. The maximum atomic E-state index is 14.9. The summed E-state index contributed by atoms with van der Waals surface area (Å²) in [5.41, 5.74) is 3.88. The van der Waals surface area contributed by atoms with Crippen LogP contribution in [0.4, 0.5) is 5.69 Å². The summed E-state index contributed by atoms with van der Waals surface area (Å²) in [6, 6.07) is 28.4. The fraction of sp³-hybridized carbons (Fsp3) is 0.216. The summed E-state index contributed by atoms with van der Waals surface area (Å²) >= 11 is 0. The Morgan fingerprint density at radius 1 is 0.837 bits per heavy atom. The summed E-state index contributed by atoms with van der Waals surface area (Å²) in [5, 5.41) is 3.09. The predicted molar refractivity (Wildman–Crippen MR) is 166 cm³/mol. The minimum atomic E-state index is -1.35. The quantitative estimate of drug-likeness (QED) is 0.260. The van der Waals surface area contributed by atoms with Gasteiger partial charge in [0.2, 0.25) is 5.91 Å². The Balaban J connectivity index is 1.48. The van der Waals surface area contributed by atoms with Gasteiger partial charge < -0.3 is 15.0 Å². The molecular formula is C37H32N2O4. The Kier molecular flexibility index (Phi) is 6.31. The molecule has 6 heteroatoms. The Morgan fingerprint density at radius 2 is 1.49 bits per heavy atom. The van der Waals surface area contributed by atoms with Gasteiger partial charge in [0.25, 0.3) is 0 Å². The molecule has 3 aliphatic heterocycles. The second-order valence-corrected chi connectivity index (χ2v) is 11.9. The van der Waals surface area contributed by atoms with Crippen LogP contribution in [-0.2, 0) is 10.2 Å². The fourth-order valence-corrected chi connectivity index (χ4v) is 7.21. The number of Topliss-reactive ketones (excluding diaryl/α,β-unsaturated/α-hetero) is 2. The van der Waals surface area contributed by atoms with E-state index >= 15 is 0 Å². The van der Waals surface area contributed by atoms with Crippen molar-refractivity contribution in [2.45, 2.75) is 44.4 Å². The lowest BCUT2D eigenvalue weighted by Gasteiger charge is -2.38. The fourth-order valence-electron chi connectivity index (χ4n) is 7.21. The Bertz CT molecular complexity index is 1790. The van der Waals surface area contributed by atoms with E-state index in [2.05, 4.69) is 5.32 Å². The van der Waals surface area contributed by atoms with Crippen molar-refractivity contribution < 1.29 is 19.1 Å². The zero-order valence-corrected chi connectivity index (χ0v) is 24.3. The average molecular weight is 569 g/mol. The molecule has 0 aliphatic carbocycles. The molecule has 1 N–H and O–H groups in total. The zero-order valence-electron chi connectivity index (χ0n) is 24.3. The summed E-state index contributed by atoms with van der Waals surface area (Å²) in [7, 11) is 0. The van der Waals surface area contributed by atoms with Gasteiger partial charge in [0.1, 0.15) is 17.2 Å². The van der Waals surface area contributed by atoms with Crippen LogP contribution in [0.25, 0.3) is 6.08 Å². The number of anilines is 1. The molecule has 1 fully saturated rings. The van der Waals surface area contributed by atoms with E-state index in [0.717, 1.165) is 22.3 Å². The van der Waals surface area contributed by atoms with Gasteiger partial charge in [-0.3, -0.25) is 14.4 Å². The highest BCUT2D eigenvalue weighted by Crippen LogP contribution is 2.62. The summed E-state index contributed by atoms with van der Waals surface area (Å²) in [6.45, 7) is 5.86. The third kappa shape index (κ3) is 4.04. The van der Waals surface area contributed by atoms with Gasteiger partial charge in [-0.15, -0.1) is 0 Å². The smallest absolute Gasteiger partial charge is 0.238 e. The Morgan fingerprint density at radius 3 is 2.23 bits per heavy atom. The van der Waals surface area contributed by atoms with Crippen LogP contribution in [0.5, 0.6) is 5.75 Å². The molecule has 43 heavy (non-hydrogen) atoms. The highest BCUT2D eigenvalue weighted by atomic mass is 16.5. The number of carbonyl (C=O) groups excluding carboxylic acids is 3. The number of rotatable bonds is 6. The van der Waals surface area contributed by atoms with Crippen LogP contribution in [0.3, 0.4) is 0 Å². The molecule has 1 spiro atoms. The number of ether oxygens (including phenoxy) is 1. The maximum absolute atomic E-state index is 14.9. The number of nitrogens with zero attached hydrogens (tertiary/aromatic N) is 1. The normalized spacial score (nSPS) is 23.1. The van der Waals surface area contributed by atoms with Crippen LogP contribution in [0.15, 0.2) is 103 Å². The standard InChI is InChI=1S/C37H32N2O4/c1-22(2)43-27-18-16-25(17-19-27)33(40)31-32(34(41)26-14-12-23(3)13-15-26)39-21-20-24-8-4-5-9-28(24)35(39)37(31)29-10-6-7-11-30(29)38-36(37)42/h4-22,31-32,35H,1-3H3,(H,38,42)/t31-,32+,35+,37-/m0/s1. The minimum absolute atomic E-state index is 0.0161. The van der Waals surface area contributed by atoms with Crippen molar-refractivity contribution in [2.75, 3.05) is 5.32 Å². The van der Waals surface area contributed by atoms with Gasteiger partial charge in [-0.25, -0.2) is 0 Å². The van der Waals surface area contributed by atoms with E-state index in [1.165, 1.54) is 0 Å². The van der Waals surface area contributed by atoms with Crippen molar-refractivity contribution in [3.63, 3.8) is 0 Å². The number of carbonyl (C=O) groups is 3. The number of hydrogen-bond donors (Lipinski definition) is 1. The minimum Gasteiger partial charge on any atom is -0.491 e. The predicted octanol–water partition coefficient (Wildman–Crippen LogP) is 6.76. The molecule has 7 rings (SSSR count). The highest BCUT2D eigenvalue weighted by Gasteiger charge is 2.70. The molecule has 1 saturated heterocycles. The first kappa shape index (κ1) is 26.9. The first-order valence-electron chi connectivity index (χ1n) is 14.7. The molecule has 214 valence electrons. The van der Waals surface area contributed by atoms with Crippen LogP contribution in [0.1, 0.15) is 62.9 Å². The second-order valence-electron chi connectivity index (χ2n) is 11.9.